The number of benzene rings is 2. The summed E-state index contributed by atoms with van der Waals surface area (Å²) in [6.45, 7) is 3.38. The molecule has 0 bridgehead atoms. The molecule has 0 amide bonds. The van der Waals surface area contributed by atoms with Crippen LogP contribution in [0.1, 0.15) is 40.1 Å². The highest BCUT2D eigenvalue weighted by Gasteiger charge is 2.45. The fourth-order valence-corrected chi connectivity index (χ4v) is 4.15. The summed E-state index contributed by atoms with van der Waals surface area (Å²) in [6.07, 6.45) is 0.554. The van der Waals surface area contributed by atoms with Gasteiger partial charge in [-0.1, -0.05) is 34.6 Å². The molecule has 0 aliphatic carbocycles. The van der Waals surface area contributed by atoms with Crippen LogP contribution in [0.3, 0.4) is 0 Å². The second-order valence-corrected chi connectivity index (χ2v) is 8.91. The van der Waals surface area contributed by atoms with Gasteiger partial charge in [0.15, 0.2) is 22.0 Å². The summed E-state index contributed by atoms with van der Waals surface area (Å²) in [6, 6.07) is 15.5. The lowest BCUT2D eigenvalue weighted by molar-refractivity contribution is 0.242. The van der Waals surface area contributed by atoms with Crippen LogP contribution in [0.2, 0.25) is 0 Å². The Morgan fingerprint density at radius 2 is 1.56 bits per heavy atom. The summed E-state index contributed by atoms with van der Waals surface area (Å²) in [5, 5.41) is 17.2. The molecule has 4 aromatic rings. The number of aromatic nitrogens is 4. The highest BCUT2D eigenvalue weighted by atomic mass is 32.2. The first-order chi connectivity index (χ1) is 16.2. The van der Waals surface area contributed by atoms with Gasteiger partial charge in [0.25, 0.3) is 0 Å². The Balaban J connectivity index is 1.83. The molecule has 0 saturated carbocycles. The van der Waals surface area contributed by atoms with Gasteiger partial charge in [0.1, 0.15) is 5.41 Å². The van der Waals surface area contributed by atoms with Gasteiger partial charge >= 0.3 is 0 Å². The summed E-state index contributed by atoms with van der Waals surface area (Å²) in [7, 11) is -4.65. The van der Waals surface area contributed by atoms with Crippen molar-refractivity contribution in [3.8, 4) is 6.07 Å². The SMILES string of the molecule is Cc1noc(C(Cc2ccc(NS(=O)(=O)[O-])cc2)(Cc2cccc(C#N)c2)c2nc(C)no2)n1. The second kappa shape index (κ2) is 9.05. The van der Waals surface area contributed by atoms with Gasteiger partial charge in [-0.15, -0.1) is 0 Å². The van der Waals surface area contributed by atoms with Gasteiger partial charge in [-0.3, -0.25) is 4.72 Å². The van der Waals surface area contributed by atoms with Crippen LogP contribution in [-0.4, -0.2) is 33.3 Å². The molecule has 34 heavy (non-hydrogen) atoms. The van der Waals surface area contributed by atoms with E-state index in [4.69, 9.17) is 9.05 Å². The third-order valence-corrected chi connectivity index (χ3v) is 5.62. The summed E-state index contributed by atoms with van der Waals surface area (Å²) in [5.74, 6) is 1.34. The number of hydrogen-bond acceptors (Lipinski definition) is 10. The molecule has 0 saturated heterocycles. The van der Waals surface area contributed by atoms with E-state index >= 15 is 0 Å². The Morgan fingerprint density at radius 3 is 2.06 bits per heavy atom. The summed E-state index contributed by atoms with van der Waals surface area (Å²) < 4.78 is 46.1. The van der Waals surface area contributed by atoms with Crippen LogP contribution in [0.25, 0.3) is 0 Å². The normalized spacial score (nSPS) is 11.8. The van der Waals surface area contributed by atoms with Crippen molar-refractivity contribution in [2.24, 2.45) is 0 Å². The lowest BCUT2D eigenvalue weighted by Gasteiger charge is -2.27. The molecule has 0 radical (unpaired) electrons. The fraction of sp³-hybridized carbons (Fsp3) is 0.227. The van der Waals surface area contributed by atoms with E-state index < -0.39 is 15.7 Å². The lowest BCUT2D eigenvalue weighted by atomic mass is 9.75. The minimum absolute atomic E-state index is 0.133. The van der Waals surface area contributed by atoms with Crippen molar-refractivity contribution in [3.63, 3.8) is 0 Å². The van der Waals surface area contributed by atoms with Gasteiger partial charge in [-0.2, -0.15) is 15.2 Å². The zero-order chi connectivity index (χ0) is 24.3. The van der Waals surface area contributed by atoms with Crippen molar-refractivity contribution < 1.29 is 22.0 Å². The van der Waals surface area contributed by atoms with E-state index in [2.05, 4.69) is 26.4 Å². The second-order valence-electron chi connectivity index (χ2n) is 7.79. The molecule has 0 spiro atoms. The average Bonchev–Trinajstić information content (AvgIpc) is 3.42. The molecule has 2 aromatic carbocycles. The van der Waals surface area contributed by atoms with Crippen molar-refractivity contribution in [1.82, 2.24) is 20.3 Å². The van der Waals surface area contributed by atoms with Crippen LogP contribution < -0.4 is 4.72 Å². The number of nitrogens with zero attached hydrogens (tertiary/aromatic N) is 5. The molecule has 2 aromatic heterocycles. The van der Waals surface area contributed by atoms with Crippen LogP contribution in [0.5, 0.6) is 0 Å². The van der Waals surface area contributed by atoms with Crippen LogP contribution in [0, 0.1) is 25.2 Å². The lowest BCUT2D eigenvalue weighted by Crippen LogP contribution is -2.34. The third kappa shape index (κ3) is 5.11. The number of hydrogen-bond donors (Lipinski definition) is 1. The Kier molecular flexibility index (Phi) is 6.14. The molecule has 0 aliphatic rings. The number of rotatable bonds is 8. The van der Waals surface area contributed by atoms with Crippen molar-refractivity contribution in [3.05, 3.63) is 88.7 Å². The quantitative estimate of drug-likeness (QED) is 0.370. The molecule has 12 heteroatoms. The smallest absolute Gasteiger partial charge is 0.243 e. The monoisotopic (exact) mass is 479 g/mol. The average molecular weight is 479 g/mol. The molecule has 0 aliphatic heterocycles. The maximum atomic E-state index is 11.0. The van der Waals surface area contributed by atoms with Gasteiger partial charge in [-0.25, -0.2) is 8.42 Å². The van der Waals surface area contributed by atoms with Crippen LogP contribution in [-0.2, 0) is 28.6 Å². The molecule has 174 valence electrons. The maximum Gasteiger partial charge on any atom is 0.243 e. The molecule has 1 N–H and O–H groups in total. The predicted octanol–water partition coefficient (Wildman–Crippen LogP) is 2.58. The molecule has 0 atom stereocenters. The number of aryl methyl sites for hydroxylation is 2. The van der Waals surface area contributed by atoms with Gasteiger partial charge in [-0.05, 0) is 62.1 Å². The molecule has 4 rings (SSSR count). The fourth-order valence-electron chi connectivity index (χ4n) is 3.72. The van der Waals surface area contributed by atoms with Crippen molar-refractivity contribution in [1.29, 1.82) is 5.26 Å². The van der Waals surface area contributed by atoms with Crippen LogP contribution >= 0.6 is 0 Å². The van der Waals surface area contributed by atoms with E-state index in [1.807, 2.05) is 10.8 Å². The number of nitriles is 1. The summed E-state index contributed by atoms with van der Waals surface area (Å²) in [4.78, 5) is 8.93. The molecule has 2 heterocycles. The Morgan fingerprint density at radius 1 is 0.971 bits per heavy atom. The van der Waals surface area contributed by atoms with Gasteiger partial charge in [0.2, 0.25) is 11.8 Å². The molecule has 11 nitrogen and oxygen atoms in total. The highest BCUT2D eigenvalue weighted by Crippen LogP contribution is 2.38. The highest BCUT2D eigenvalue weighted by molar-refractivity contribution is 7.87. The molecule has 0 fully saturated rings. The van der Waals surface area contributed by atoms with Crippen LogP contribution in [0.15, 0.2) is 57.6 Å². The maximum absolute atomic E-state index is 11.0. The third-order valence-electron chi connectivity index (χ3n) is 5.14. The summed E-state index contributed by atoms with van der Waals surface area (Å²) in [5.41, 5.74) is 1.09. The van der Waals surface area contributed by atoms with E-state index in [0.717, 1.165) is 11.1 Å². The van der Waals surface area contributed by atoms with Crippen molar-refractivity contribution in [2.45, 2.75) is 32.1 Å². The first-order valence-corrected chi connectivity index (χ1v) is 11.5. The molecular weight excluding hydrogens is 460 g/mol. The van der Waals surface area contributed by atoms with E-state index in [9.17, 15) is 18.2 Å². The number of anilines is 1. The van der Waals surface area contributed by atoms with E-state index in [0.29, 0.717) is 23.6 Å². The largest absolute Gasteiger partial charge is 0.731 e. The van der Waals surface area contributed by atoms with E-state index in [1.165, 1.54) is 12.1 Å². The zero-order valence-electron chi connectivity index (χ0n) is 18.2. The topological polar surface area (TPSA) is 171 Å². The zero-order valence-corrected chi connectivity index (χ0v) is 19.0. The van der Waals surface area contributed by atoms with Gasteiger partial charge < -0.3 is 13.6 Å². The Labute approximate surface area is 195 Å². The minimum atomic E-state index is -4.65. The Hall–Kier alpha value is -4.08. The van der Waals surface area contributed by atoms with Crippen molar-refractivity contribution >= 4 is 16.0 Å². The van der Waals surface area contributed by atoms with Gasteiger partial charge in [0.05, 0.1) is 11.6 Å². The minimum Gasteiger partial charge on any atom is -0.731 e. The number of nitrogens with one attached hydrogen (secondary N) is 1. The predicted molar refractivity (Wildman–Crippen MR) is 117 cm³/mol. The Bertz CT molecular complexity index is 1410. The first kappa shape index (κ1) is 23.1. The molecule has 0 unspecified atom stereocenters. The van der Waals surface area contributed by atoms with Crippen LogP contribution in [0.4, 0.5) is 5.69 Å². The first-order valence-electron chi connectivity index (χ1n) is 10.1. The standard InChI is InChI=1S/C22H20N6O5S/c1-14-24-20(32-26-14)22(21-25-15(2)27-33-21,12-17-4-3-5-18(10-17)13-23)11-16-6-8-19(9-7-16)28-34(29,30)31/h3-10,28H,11-12H2,1-2H3,(H,29,30,31)/p-1. The summed E-state index contributed by atoms with van der Waals surface area (Å²) >= 11 is 0. The van der Waals surface area contributed by atoms with E-state index in [1.54, 1.807) is 44.2 Å². The van der Waals surface area contributed by atoms with Crippen molar-refractivity contribution in [2.75, 3.05) is 4.72 Å². The van der Waals surface area contributed by atoms with Gasteiger partial charge in [0, 0.05) is 5.69 Å². The molecular formula is C22H19N6O5S-. The van der Waals surface area contributed by atoms with E-state index in [-0.39, 0.29) is 23.9 Å².